The maximum absolute atomic E-state index is 12.7. The Morgan fingerprint density at radius 1 is 1.14 bits per heavy atom. The summed E-state index contributed by atoms with van der Waals surface area (Å²) in [5, 5.41) is 3.23. The van der Waals surface area contributed by atoms with Crippen LogP contribution in [0.5, 0.6) is 0 Å². The smallest absolute Gasteiger partial charge is 0.326 e. The van der Waals surface area contributed by atoms with E-state index < -0.39 is 12.1 Å². The lowest BCUT2D eigenvalue weighted by Gasteiger charge is -2.57. The monoisotopic (exact) mass is 405 g/mol. The number of urea groups is 1. The van der Waals surface area contributed by atoms with Gasteiger partial charge in [0.15, 0.2) is 6.10 Å². The summed E-state index contributed by atoms with van der Waals surface area (Å²) in [5.41, 5.74) is -0.102. The van der Waals surface area contributed by atoms with Crippen LogP contribution in [-0.4, -0.2) is 65.4 Å². The topological polar surface area (TPSA) is 96.0 Å². The van der Waals surface area contributed by atoms with Crippen LogP contribution in [-0.2, 0) is 19.1 Å². The number of nitrogens with one attached hydrogen (secondary N) is 1. The van der Waals surface area contributed by atoms with Crippen molar-refractivity contribution in [1.82, 2.24) is 15.1 Å². The standard InChI is InChI=1S/C21H31N3O5/c1-13(29-18(26)4-3-5-24-17(25)12-23(2)20(24)28)19(27)22-21-9-14-6-15(10-21)8-16(7-14)11-21/h13-16H,3-12H2,1-2H3,(H,22,27)/t13-,14?,15?,16?,21?/m0/s1. The highest BCUT2D eigenvalue weighted by molar-refractivity contribution is 6.01. The van der Waals surface area contributed by atoms with Crippen molar-refractivity contribution >= 4 is 23.8 Å². The molecule has 8 heteroatoms. The number of hydrogen-bond donors (Lipinski definition) is 1. The Balaban J connectivity index is 1.21. The van der Waals surface area contributed by atoms with Crippen molar-refractivity contribution in [3.8, 4) is 0 Å². The quantitative estimate of drug-likeness (QED) is 0.514. The minimum absolute atomic E-state index is 0.0652. The van der Waals surface area contributed by atoms with Crippen molar-refractivity contribution in [2.24, 2.45) is 17.8 Å². The second kappa shape index (κ2) is 7.61. The minimum atomic E-state index is -0.836. The van der Waals surface area contributed by atoms with E-state index in [2.05, 4.69) is 5.32 Å². The third kappa shape index (κ3) is 4.12. The molecular weight excluding hydrogens is 374 g/mol. The van der Waals surface area contributed by atoms with E-state index in [9.17, 15) is 19.2 Å². The van der Waals surface area contributed by atoms with E-state index in [4.69, 9.17) is 4.74 Å². The van der Waals surface area contributed by atoms with Gasteiger partial charge < -0.3 is 15.0 Å². The van der Waals surface area contributed by atoms with Crippen LogP contribution >= 0.6 is 0 Å². The molecule has 0 unspecified atom stereocenters. The number of carbonyl (C=O) groups excluding carboxylic acids is 4. The Labute approximate surface area is 171 Å². The zero-order chi connectivity index (χ0) is 20.8. The fourth-order valence-corrected chi connectivity index (χ4v) is 6.21. The van der Waals surface area contributed by atoms with Crippen molar-refractivity contribution in [3.63, 3.8) is 0 Å². The molecule has 160 valence electrons. The highest BCUT2D eigenvalue weighted by Crippen LogP contribution is 2.55. The van der Waals surface area contributed by atoms with E-state index in [1.54, 1.807) is 14.0 Å². The van der Waals surface area contributed by atoms with Gasteiger partial charge in [-0.3, -0.25) is 19.3 Å². The van der Waals surface area contributed by atoms with E-state index in [-0.39, 0.29) is 42.9 Å². The van der Waals surface area contributed by atoms with Crippen LogP contribution in [0.2, 0.25) is 0 Å². The number of likely N-dealkylation sites (N-methyl/N-ethyl adjacent to an activating group) is 1. The van der Waals surface area contributed by atoms with Crippen LogP contribution in [0.4, 0.5) is 4.79 Å². The molecule has 4 saturated carbocycles. The first-order valence-corrected chi connectivity index (χ1v) is 10.8. The molecule has 4 bridgehead atoms. The van der Waals surface area contributed by atoms with Gasteiger partial charge in [-0.2, -0.15) is 0 Å². The number of amides is 4. The maximum atomic E-state index is 12.7. The molecule has 8 nitrogen and oxygen atoms in total. The normalized spacial score (nSPS) is 33.9. The summed E-state index contributed by atoms with van der Waals surface area (Å²) in [6.07, 6.45) is 6.62. The third-order valence-electron chi connectivity index (χ3n) is 7.10. The molecule has 1 N–H and O–H groups in total. The molecule has 29 heavy (non-hydrogen) atoms. The van der Waals surface area contributed by atoms with E-state index in [1.165, 1.54) is 24.2 Å². The molecule has 1 atom stereocenters. The Hall–Kier alpha value is -2.12. The summed E-state index contributed by atoms with van der Waals surface area (Å²) in [7, 11) is 1.57. The van der Waals surface area contributed by atoms with Gasteiger partial charge in [0.25, 0.3) is 5.91 Å². The van der Waals surface area contributed by atoms with E-state index in [0.29, 0.717) is 6.42 Å². The molecule has 1 heterocycles. The Morgan fingerprint density at radius 2 is 1.72 bits per heavy atom. The van der Waals surface area contributed by atoms with Crippen molar-refractivity contribution in [3.05, 3.63) is 0 Å². The first-order valence-electron chi connectivity index (χ1n) is 10.8. The van der Waals surface area contributed by atoms with Crippen LogP contribution in [0, 0.1) is 17.8 Å². The van der Waals surface area contributed by atoms with Gasteiger partial charge in [-0.25, -0.2) is 4.79 Å². The lowest BCUT2D eigenvalue weighted by Crippen LogP contribution is -2.61. The van der Waals surface area contributed by atoms with Crippen LogP contribution in [0.25, 0.3) is 0 Å². The van der Waals surface area contributed by atoms with Crippen molar-refractivity contribution < 1.29 is 23.9 Å². The average molecular weight is 405 g/mol. The number of hydrogen-bond acceptors (Lipinski definition) is 5. The Morgan fingerprint density at radius 3 is 2.24 bits per heavy atom. The molecule has 0 aromatic carbocycles. The lowest BCUT2D eigenvalue weighted by molar-refractivity contribution is -0.156. The van der Waals surface area contributed by atoms with Gasteiger partial charge in [0.1, 0.15) is 6.54 Å². The maximum Gasteiger partial charge on any atom is 0.326 e. The van der Waals surface area contributed by atoms with Crippen LogP contribution in [0.1, 0.15) is 58.3 Å². The molecule has 5 aliphatic rings. The summed E-state index contributed by atoms with van der Waals surface area (Å²) >= 11 is 0. The lowest BCUT2D eigenvalue weighted by atomic mass is 9.53. The molecule has 1 aliphatic heterocycles. The second-order valence-corrected chi connectivity index (χ2v) is 9.61. The average Bonchev–Trinajstić information content (AvgIpc) is 2.86. The Kier molecular flexibility index (Phi) is 5.29. The van der Waals surface area contributed by atoms with Gasteiger partial charge in [0, 0.05) is 25.6 Å². The number of carbonyl (C=O) groups is 4. The van der Waals surface area contributed by atoms with Gasteiger partial charge in [0.05, 0.1) is 0 Å². The molecule has 0 aromatic rings. The summed E-state index contributed by atoms with van der Waals surface area (Å²) in [4.78, 5) is 50.8. The molecule has 5 fully saturated rings. The van der Waals surface area contributed by atoms with Crippen molar-refractivity contribution in [2.45, 2.75) is 69.9 Å². The van der Waals surface area contributed by atoms with Gasteiger partial charge in [0.2, 0.25) is 5.91 Å². The number of nitrogens with zero attached hydrogens (tertiary/aromatic N) is 2. The minimum Gasteiger partial charge on any atom is -0.453 e. The van der Waals surface area contributed by atoms with E-state index in [1.807, 2.05) is 0 Å². The fourth-order valence-electron chi connectivity index (χ4n) is 6.21. The van der Waals surface area contributed by atoms with Crippen LogP contribution < -0.4 is 5.32 Å². The summed E-state index contributed by atoms with van der Waals surface area (Å²) in [5.74, 6) is 1.24. The molecule has 5 rings (SSSR count). The molecule has 4 amide bonds. The fraction of sp³-hybridized carbons (Fsp3) is 0.810. The second-order valence-electron chi connectivity index (χ2n) is 9.61. The highest BCUT2D eigenvalue weighted by Gasteiger charge is 2.51. The summed E-state index contributed by atoms with van der Waals surface area (Å²) in [6, 6.07) is -0.341. The predicted octanol–water partition coefficient (Wildman–Crippen LogP) is 1.68. The van der Waals surface area contributed by atoms with E-state index >= 15 is 0 Å². The van der Waals surface area contributed by atoms with Crippen LogP contribution in [0.15, 0.2) is 0 Å². The van der Waals surface area contributed by atoms with Gasteiger partial charge in [-0.15, -0.1) is 0 Å². The first kappa shape index (κ1) is 20.2. The summed E-state index contributed by atoms with van der Waals surface area (Å²) < 4.78 is 5.32. The highest BCUT2D eigenvalue weighted by atomic mass is 16.5. The molecule has 0 aromatic heterocycles. The molecule has 4 aliphatic carbocycles. The number of ether oxygens (including phenoxy) is 1. The number of rotatable bonds is 7. The molecule has 1 saturated heterocycles. The number of esters is 1. The molecular formula is C21H31N3O5. The van der Waals surface area contributed by atoms with Crippen molar-refractivity contribution in [1.29, 1.82) is 0 Å². The van der Waals surface area contributed by atoms with Gasteiger partial charge in [-0.05, 0) is 69.6 Å². The van der Waals surface area contributed by atoms with Gasteiger partial charge >= 0.3 is 12.0 Å². The SMILES string of the molecule is C[C@H](OC(=O)CCCN1C(=O)CN(C)C1=O)C(=O)NC12CC3CC(CC(C3)C1)C2. The Bertz CT molecular complexity index is 686. The van der Waals surface area contributed by atoms with Crippen molar-refractivity contribution in [2.75, 3.05) is 20.1 Å². The zero-order valence-electron chi connectivity index (χ0n) is 17.3. The van der Waals surface area contributed by atoms with E-state index in [0.717, 1.165) is 41.9 Å². The number of imide groups is 1. The summed E-state index contributed by atoms with van der Waals surface area (Å²) in [6.45, 7) is 1.87. The zero-order valence-corrected chi connectivity index (χ0v) is 17.3. The third-order valence-corrected chi connectivity index (χ3v) is 7.10. The van der Waals surface area contributed by atoms with Crippen LogP contribution in [0.3, 0.4) is 0 Å². The predicted molar refractivity (Wildman–Crippen MR) is 104 cm³/mol. The molecule has 0 radical (unpaired) electrons. The molecule has 0 spiro atoms. The first-order chi connectivity index (χ1) is 13.7. The largest absolute Gasteiger partial charge is 0.453 e. The van der Waals surface area contributed by atoms with Gasteiger partial charge in [-0.1, -0.05) is 0 Å².